The van der Waals surface area contributed by atoms with Gasteiger partial charge in [0.2, 0.25) is 0 Å². The van der Waals surface area contributed by atoms with E-state index in [0.717, 1.165) is 31.2 Å². The minimum atomic E-state index is 0.359. The molecule has 21 heavy (non-hydrogen) atoms. The van der Waals surface area contributed by atoms with Crippen molar-refractivity contribution in [2.24, 2.45) is 0 Å². The second-order valence-electron chi connectivity index (χ2n) is 6.07. The van der Waals surface area contributed by atoms with E-state index in [1.165, 1.54) is 37.0 Å². The van der Waals surface area contributed by atoms with Crippen molar-refractivity contribution in [3.05, 3.63) is 22.3 Å². The Labute approximate surface area is 129 Å². The standard InChI is InChI=1S/C16H22N4S/c1-2-12-15-18-19-16(20(15)9-8-17-12)14-10-11-6-4-3-5-7-13(11)21-14/h10,12,17H,2-9H2,1H3. The van der Waals surface area contributed by atoms with Crippen molar-refractivity contribution in [2.75, 3.05) is 6.54 Å². The highest BCUT2D eigenvalue weighted by molar-refractivity contribution is 7.15. The average molecular weight is 302 g/mol. The lowest BCUT2D eigenvalue weighted by molar-refractivity contribution is 0.407. The number of nitrogens with zero attached hydrogens (tertiary/aromatic N) is 3. The van der Waals surface area contributed by atoms with Gasteiger partial charge in [0.25, 0.3) is 0 Å². The molecule has 0 aromatic carbocycles. The average Bonchev–Trinajstić information content (AvgIpc) is 3.05. The second-order valence-corrected chi connectivity index (χ2v) is 7.20. The van der Waals surface area contributed by atoms with E-state index in [1.54, 1.807) is 10.4 Å². The largest absolute Gasteiger partial charge is 0.308 e. The number of aromatic nitrogens is 3. The first-order valence-corrected chi connectivity index (χ1v) is 8.97. The van der Waals surface area contributed by atoms with Gasteiger partial charge in [-0.15, -0.1) is 21.5 Å². The SMILES string of the molecule is CCC1NCCn2c(-c3cc4c(s3)CCCCC4)nnc21. The topological polar surface area (TPSA) is 42.7 Å². The molecule has 0 radical (unpaired) electrons. The summed E-state index contributed by atoms with van der Waals surface area (Å²) in [5, 5.41) is 12.5. The van der Waals surface area contributed by atoms with Crippen molar-refractivity contribution < 1.29 is 0 Å². The van der Waals surface area contributed by atoms with Crippen LogP contribution in [0.2, 0.25) is 0 Å². The first-order valence-electron chi connectivity index (χ1n) is 8.15. The third kappa shape index (κ3) is 2.32. The Morgan fingerprint density at radius 3 is 3.10 bits per heavy atom. The van der Waals surface area contributed by atoms with Crippen LogP contribution >= 0.6 is 11.3 Å². The van der Waals surface area contributed by atoms with Crippen molar-refractivity contribution in [3.63, 3.8) is 0 Å². The number of fused-ring (bicyclic) bond motifs is 2. The zero-order valence-corrected chi connectivity index (χ0v) is 13.4. The molecule has 1 N–H and O–H groups in total. The molecule has 5 heteroatoms. The van der Waals surface area contributed by atoms with Crippen LogP contribution in [0.1, 0.15) is 54.9 Å². The molecule has 0 amide bonds. The van der Waals surface area contributed by atoms with Crippen LogP contribution in [-0.4, -0.2) is 21.3 Å². The van der Waals surface area contributed by atoms with E-state index in [0.29, 0.717) is 6.04 Å². The summed E-state index contributed by atoms with van der Waals surface area (Å²) in [6, 6.07) is 2.74. The summed E-state index contributed by atoms with van der Waals surface area (Å²) < 4.78 is 2.33. The lowest BCUT2D eigenvalue weighted by Gasteiger charge is -2.23. The Balaban J connectivity index is 1.73. The molecule has 0 bridgehead atoms. The molecular formula is C16H22N4S. The normalized spacial score (nSPS) is 21.7. The number of thiophene rings is 1. The lowest BCUT2D eigenvalue weighted by atomic mass is 10.1. The van der Waals surface area contributed by atoms with E-state index in [4.69, 9.17) is 0 Å². The summed E-state index contributed by atoms with van der Waals surface area (Å²) in [6.07, 6.45) is 7.61. The molecule has 1 unspecified atom stereocenters. The van der Waals surface area contributed by atoms with Gasteiger partial charge in [-0.25, -0.2) is 0 Å². The molecule has 0 saturated carbocycles. The predicted octanol–water partition coefficient (Wildman–Crippen LogP) is 3.33. The van der Waals surface area contributed by atoms with Crippen molar-refractivity contribution in [1.82, 2.24) is 20.1 Å². The third-order valence-electron chi connectivity index (χ3n) is 4.69. The Morgan fingerprint density at radius 2 is 2.19 bits per heavy atom. The third-order valence-corrected chi connectivity index (χ3v) is 5.93. The molecule has 2 aromatic rings. The van der Waals surface area contributed by atoms with E-state index >= 15 is 0 Å². The van der Waals surface area contributed by atoms with Crippen LogP contribution in [0.4, 0.5) is 0 Å². The summed E-state index contributed by atoms with van der Waals surface area (Å²) in [6.45, 7) is 4.20. The van der Waals surface area contributed by atoms with Crippen molar-refractivity contribution in [3.8, 4) is 10.7 Å². The Bertz CT molecular complexity index is 619. The molecule has 1 atom stereocenters. The molecular weight excluding hydrogens is 280 g/mol. The van der Waals surface area contributed by atoms with E-state index in [1.807, 2.05) is 11.3 Å². The maximum atomic E-state index is 4.52. The van der Waals surface area contributed by atoms with Gasteiger partial charge in [0.15, 0.2) is 11.6 Å². The molecule has 0 saturated heterocycles. The van der Waals surface area contributed by atoms with Gasteiger partial charge in [-0.3, -0.25) is 0 Å². The van der Waals surface area contributed by atoms with Crippen LogP contribution in [0.3, 0.4) is 0 Å². The van der Waals surface area contributed by atoms with E-state index in [9.17, 15) is 0 Å². The fourth-order valence-electron chi connectivity index (χ4n) is 3.52. The molecule has 112 valence electrons. The van der Waals surface area contributed by atoms with Gasteiger partial charge in [-0.05, 0) is 43.7 Å². The summed E-state index contributed by atoms with van der Waals surface area (Å²) in [4.78, 5) is 2.90. The molecule has 3 heterocycles. The monoisotopic (exact) mass is 302 g/mol. The molecule has 2 aromatic heterocycles. The summed E-state index contributed by atoms with van der Waals surface area (Å²) in [5.41, 5.74) is 1.56. The fraction of sp³-hybridized carbons (Fsp3) is 0.625. The van der Waals surface area contributed by atoms with Crippen molar-refractivity contribution in [1.29, 1.82) is 0 Å². The van der Waals surface area contributed by atoms with Gasteiger partial charge >= 0.3 is 0 Å². The van der Waals surface area contributed by atoms with E-state index in [-0.39, 0.29) is 0 Å². The Hall–Kier alpha value is -1.20. The first-order chi connectivity index (χ1) is 10.4. The number of nitrogens with one attached hydrogen (secondary N) is 1. The molecule has 1 aliphatic heterocycles. The zero-order valence-electron chi connectivity index (χ0n) is 12.6. The lowest BCUT2D eigenvalue weighted by Crippen LogP contribution is -2.33. The number of hydrogen-bond donors (Lipinski definition) is 1. The van der Waals surface area contributed by atoms with Crippen LogP contribution in [-0.2, 0) is 19.4 Å². The number of hydrogen-bond acceptors (Lipinski definition) is 4. The fourth-order valence-corrected chi connectivity index (χ4v) is 4.77. The van der Waals surface area contributed by atoms with Gasteiger partial charge in [0, 0.05) is 18.0 Å². The molecule has 2 aliphatic rings. The molecule has 0 fully saturated rings. The van der Waals surface area contributed by atoms with Gasteiger partial charge in [0.1, 0.15) is 0 Å². The summed E-state index contributed by atoms with van der Waals surface area (Å²) in [7, 11) is 0. The molecule has 0 spiro atoms. The summed E-state index contributed by atoms with van der Waals surface area (Å²) >= 11 is 1.94. The van der Waals surface area contributed by atoms with Crippen LogP contribution in [0.25, 0.3) is 10.7 Å². The minimum Gasteiger partial charge on any atom is -0.308 e. The maximum absolute atomic E-state index is 4.52. The Morgan fingerprint density at radius 1 is 1.29 bits per heavy atom. The smallest absolute Gasteiger partial charge is 0.174 e. The van der Waals surface area contributed by atoms with Crippen LogP contribution in [0.5, 0.6) is 0 Å². The minimum absolute atomic E-state index is 0.359. The number of rotatable bonds is 2. The predicted molar refractivity (Wildman–Crippen MR) is 85.6 cm³/mol. The van der Waals surface area contributed by atoms with Crippen LogP contribution in [0.15, 0.2) is 6.07 Å². The van der Waals surface area contributed by atoms with Crippen LogP contribution in [0, 0.1) is 0 Å². The highest BCUT2D eigenvalue weighted by Crippen LogP contribution is 2.35. The maximum Gasteiger partial charge on any atom is 0.174 e. The molecule has 4 nitrogen and oxygen atoms in total. The molecule has 4 rings (SSSR count). The van der Waals surface area contributed by atoms with Gasteiger partial charge < -0.3 is 9.88 Å². The van der Waals surface area contributed by atoms with Crippen LogP contribution < -0.4 is 5.32 Å². The van der Waals surface area contributed by atoms with E-state index in [2.05, 4.69) is 33.1 Å². The van der Waals surface area contributed by atoms with Crippen molar-refractivity contribution >= 4 is 11.3 Å². The zero-order chi connectivity index (χ0) is 14.2. The first kappa shape index (κ1) is 13.5. The highest BCUT2D eigenvalue weighted by atomic mass is 32.1. The van der Waals surface area contributed by atoms with Gasteiger partial charge in [-0.2, -0.15) is 0 Å². The van der Waals surface area contributed by atoms with E-state index < -0.39 is 0 Å². The molecule has 1 aliphatic carbocycles. The quantitative estimate of drug-likeness (QED) is 0.865. The van der Waals surface area contributed by atoms with Gasteiger partial charge in [0.05, 0.1) is 10.9 Å². The van der Waals surface area contributed by atoms with Gasteiger partial charge in [-0.1, -0.05) is 13.3 Å². The number of aryl methyl sites for hydroxylation is 2. The highest BCUT2D eigenvalue weighted by Gasteiger charge is 2.25. The Kier molecular flexibility index (Phi) is 3.55. The van der Waals surface area contributed by atoms with Crippen molar-refractivity contribution in [2.45, 2.75) is 58.0 Å². The second kappa shape index (κ2) is 5.54. The summed E-state index contributed by atoms with van der Waals surface area (Å²) in [5.74, 6) is 2.20.